The Morgan fingerprint density at radius 3 is 2.50 bits per heavy atom. The van der Waals surface area contributed by atoms with Crippen molar-refractivity contribution in [1.29, 1.82) is 0 Å². The molecule has 0 spiro atoms. The molecule has 0 bridgehead atoms. The molecular formula is C16H18F2N2. The SMILES string of the molecule is CCNC(Cc1ccc(F)cc1C)c1ccc(F)cn1. The summed E-state index contributed by atoms with van der Waals surface area (Å²) in [6.45, 7) is 4.68. The van der Waals surface area contributed by atoms with Gasteiger partial charge in [-0.25, -0.2) is 8.78 Å². The third kappa shape index (κ3) is 3.61. The van der Waals surface area contributed by atoms with Crippen molar-refractivity contribution in [2.75, 3.05) is 6.54 Å². The highest BCUT2D eigenvalue weighted by molar-refractivity contribution is 5.28. The third-order valence-electron chi connectivity index (χ3n) is 3.29. The first-order valence-electron chi connectivity index (χ1n) is 6.70. The van der Waals surface area contributed by atoms with Crippen molar-refractivity contribution in [3.05, 3.63) is 65.0 Å². The van der Waals surface area contributed by atoms with Gasteiger partial charge in [-0.2, -0.15) is 0 Å². The van der Waals surface area contributed by atoms with Crippen LogP contribution in [0.4, 0.5) is 8.78 Å². The van der Waals surface area contributed by atoms with Crippen LogP contribution in [0, 0.1) is 18.6 Å². The van der Waals surface area contributed by atoms with Crippen LogP contribution in [0.25, 0.3) is 0 Å². The van der Waals surface area contributed by atoms with Gasteiger partial charge in [0, 0.05) is 0 Å². The number of benzene rings is 1. The number of aromatic nitrogens is 1. The van der Waals surface area contributed by atoms with E-state index >= 15 is 0 Å². The number of pyridine rings is 1. The average Bonchev–Trinajstić information content (AvgIpc) is 2.42. The zero-order valence-corrected chi connectivity index (χ0v) is 11.7. The highest BCUT2D eigenvalue weighted by Gasteiger charge is 2.14. The smallest absolute Gasteiger partial charge is 0.141 e. The highest BCUT2D eigenvalue weighted by atomic mass is 19.1. The summed E-state index contributed by atoms with van der Waals surface area (Å²) in [4.78, 5) is 4.13. The molecule has 0 saturated carbocycles. The van der Waals surface area contributed by atoms with Crippen LogP contribution in [-0.4, -0.2) is 11.5 Å². The van der Waals surface area contributed by atoms with Gasteiger partial charge in [0.25, 0.3) is 0 Å². The molecule has 1 heterocycles. The van der Waals surface area contributed by atoms with Crippen LogP contribution in [0.3, 0.4) is 0 Å². The van der Waals surface area contributed by atoms with E-state index in [1.165, 1.54) is 24.4 Å². The Balaban J connectivity index is 2.22. The topological polar surface area (TPSA) is 24.9 Å². The molecule has 0 aliphatic carbocycles. The van der Waals surface area contributed by atoms with E-state index in [4.69, 9.17) is 0 Å². The second kappa shape index (κ2) is 6.57. The molecule has 0 aliphatic heterocycles. The first-order valence-corrected chi connectivity index (χ1v) is 6.70. The molecule has 4 heteroatoms. The van der Waals surface area contributed by atoms with E-state index in [0.717, 1.165) is 23.4 Å². The minimum atomic E-state index is -0.345. The molecular weight excluding hydrogens is 258 g/mol. The number of hydrogen-bond acceptors (Lipinski definition) is 2. The summed E-state index contributed by atoms with van der Waals surface area (Å²) in [5, 5.41) is 3.33. The summed E-state index contributed by atoms with van der Waals surface area (Å²) in [7, 11) is 0. The molecule has 0 saturated heterocycles. The number of hydrogen-bond donors (Lipinski definition) is 1. The zero-order chi connectivity index (χ0) is 14.5. The molecule has 2 nitrogen and oxygen atoms in total. The number of nitrogens with one attached hydrogen (secondary N) is 1. The van der Waals surface area contributed by atoms with E-state index in [2.05, 4.69) is 10.3 Å². The summed E-state index contributed by atoms with van der Waals surface area (Å²) >= 11 is 0. The summed E-state index contributed by atoms with van der Waals surface area (Å²) in [6.07, 6.45) is 1.91. The average molecular weight is 276 g/mol. The Kier molecular flexibility index (Phi) is 4.79. The van der Waals surface area contributed by atoms with Gasteiger partial charge in [-0.15, -0.1) is 0 Å². The highest BCUT2D eigenvalue weighted by Crippen LogP contribution is 2.20. The summed E-state index contributed by atoms with van der Waals surface area (Å²) < 4.78 is 26.1. The largest absolute Gasteiger partial charge is 0.309 e. The molecule has 106 valence electrons. The Morgan fingerprint density at radius 2 is 1.90 bits per heavy atom. The maximum Gasteiger partial charge on any atom is 0.141 e. The third-order valence-corrected chi connectivity index (χ3v) is 3.29. The van der Waals surface area contributed by atoms with Crippen molar-refractivity contribution in [2.45, 2.75) is 26.3 Å². The molecule has 2 rings (SSSR count). The van der Waals surface area contributed by atoms with Crippen LogP contribution in [0.1, 0.15) is 29.8 Å². The van der Waals surface area contributed by atoms with Crippen molar-refractivity contribution < 1.29 is 8.78 Å². The fourth-order valence-electron chi connectivity index (χ4n) is 2.23. The minimum Gasteiger partial charge on any atom is -0.309 e. The molecule has 1 unspecified atom stereocenters. The van der Waals surface area contributed by atoms with E-state index in [1.54, 1.807) is 12.1 Å². The predicted octanol–water partition coefficient (Wildman–Crippen LogP) is 3.56. The predicted molar refractivity (Wildman–Crippen MR) is 75.5 cm³/mol. The quantitative estimate of drug-likeness (QED) is 0.903. The number of nitrogens with zero attached hydrogens (tertiary/aromatic N) is 1. The first-order chi connectivity index (χ1) is 9.60. The lowest BCUT2D eigenvalue weighted by atomic mass is 9.98. The molecule has 0 radical (unpaired) electrons. The maximum absolute atomic E-state index is 13.1. The fourth-order valence-corrected chi connectivity index (χ4v) is 2.23. The molecule has 2 aromatic rings. The molecule has 1 N–H and O–H groups in total. The number of aryl methyl sites for hydroxylation is 1. The monoisotopic (exact) mass is 276 g/mol. The van der Waals surface area contributed by atoms with E-state index in [1.807, 2.05) is 13.8 Å². The van der Waals surface area contributed by atoms with Crippen LogP contribution in [0.5, 0.6) is 0 Å². The molecule has 1 aromatic heterocycles. The second-order valence-electron chi connectivity index (χ2n) is 4.79. The molecule has 1 atom stereocenters. The lowest BCUT2D eigenvalue weighted by molar-refractivity contribution is 0.530. The van der Waals surface area contributed by atoms with E-state index in [0.29, 0.717) is 6.42 Å². The van der Waals surface area contributed by atoms with Crippen molar-refractivity contribution in [3.63, 3.8) is 0 Å². The van der Waals surface area contributed by atoms with Gasteiger partial charge in [0.15, 0.2) is 0 Å². The summed E-state index contributed by atoms with van der Waals surface area (Å²) in [5.41, 5.74) is 2.76. The number of halogens is 2. The van der Waals surface area contributed by atoms with E-state index in [-0.39, 0.29) is 17.7 Å². The van der Waals surface area contributed by atoms with Crippen molar-refractivity contribution in [1.82, 2.24) is 10.3 Å². The summed E-state index contributed by atoms with van der Waals surface area (Å²) in [6, 6.07) is 7.86. The van der Waals surface area contributed by atoms with Crippen LogP contribution >= 0.6 is 0 Å². The van der Waals surface area contributed by atoms with Gasteiger partial charge in [0.2, 0.25) is 0 Å². The lowest BCUT2D eigenvalue weighted by Crippen LogP contribution is -2.24. The second-order valence-corrected chi connectivity index (χ2v) is 4.79. The first kappa shape index (κ1) is 14.6. The normalized spacial score (nSPS) is 12.4. The Bertz CT molecular complexity index is 567. The van der Waals surface area contributed by atoms with Gasteiger partial charge in [-0.3, -0.25) is 4.98 Å². The van der Waals surface area contributed by atoms with Crippen LogP contribution in [0.2, 0.25) is 0 Å². The van der Waals surface area contributed by atoms with Crippen molar-refractivity contribution in [3.8, 4) is 0 Å². The van der Waals surface area contributed by atoms with Crippen LogP contribution in [-0.2, 0) is 6.42 Å². The number of likely N-dealkylation sites (N-methyl/N-ethyl adjacent to an activating group) is 1. The Hall–Kier alpha value is -1.81. The van der Waals surface area contributed by atoms with Crippen molar-refractivity contribution in [2.24, 2.45) is 0 Å². The summed E-state index contributed by atoms with van der Waals surface area (Å²) in [5.74, 6) is -0.576. The number of rotatable bonds is 5. The minimum absolute atomic E-state index is 0.00948. The van der Waals surface area contributed by atoms with Gasteiger partial charge in [0.05, 0.1) is 17.9 Å². The Morgan fingerprint density at radius 1 is 1.15 bits per heavy atom. The maximum atomic E-state index is 13.1. The van der Waals surface area contributed by atoms with Gasteiger partial charge in [-0.05, 0) is 55.3 Å². The standard InChI is InChI=1S/C16H18F2N2/c1-3-19-16(15-7-6-14(18)10-20-15)9-12-4-5-13(17)8-11(12)2/h4-8,10,16,19H,3,9H2,1-2H3. The molecule has 0 fully saturated rings. The van der Waals surface area contributed by atoms with E-state index in [9.17, 15) is 8.78 Å². The molecule has 0 amide bonds. The van der Waals surface area contributed by atoms with Crippen LogP contribution in [0.15, 0.2) is 36.5 Å². The Labute approximate surface area is 117 Å². The van der Waals surface area contributed by atoms with Crippen molar-refractivity contribution >= 4 is 0 Å². The molecule has 1 aromatic carbocycles. The van der Waals surface area contributed by atoms with Crippen LogP contribution < -0.4 is 5.32 Å². The van der Waals surface area contributed by atoms with Gasteiger partial charge in [0.1, 0.15) is 11.6 Å². The van der Waals surface area contributed by atoms with Gasteiger partial charge >= 0.3 is 0 Å². The molecule has 20 heavy (non-hydrogen) atoms. The molecule has 0 aliphatic rings. The van der Waals surface area contributed by atoms with E-state index < -0.39 is 0 Å². The lowest BCUT2D eigenvalue weighted by Gasteiger charge is -2.18. The zero-order valence-electron chi connectivity index (χ0n) is 11.7. The fraction of sp³-hybridized carbons (Fsp3) is 0.312. The van der Waals surface area contributed by atoms with Gasteiger partial charge < -0.3 is 5.32 Å². The van der Waals surface area contributed by atoms with Gasteiger partial charge in [-0.1, -0.05) is 13.0 Å².